The zero-order valence-corrected chi connectivity index (χ0v) is 16.5. The van der Waals surface area contributed by atoms with Crippen LogP contribution in [0.1, 0.15) is 18.9 Å². The minimum atomic E-state index is -0.559. The van der Waals surface area contributed by atoms with E-state index < -0.39 is 18.0 Å². The zero-order valence-electron chi connectivity index (χ0n) is 16.5. The number of rotatable bonds is 5. The van der Waals surface area contributed by atoms with Gasteiger partial charge in [-0.3, -0.25) is 19.7 Å². The van der Waals surface area contributed by atoms with E-state index in [1.54, 1.807) is 24.7 Å². The molecule has 0 bridgehead atoms. The lowest BCUT2D eigenvalue weighted by atomic mass is 10.0. The van der Waals surface area contributed by atoms with Gasteiger partial charge in [0.15, 0.2) is 0 Å². The monoisotopic (exact) mass is 414 g/mol. The second-order valence-corrected chi connectivity index (χ2v) is 7.23. The molecule has 3 aliphatic rings. The Bertz CT molecular complexity index is 931. The molecule has 0 saturated carbocycles. The van der Waals surface area contributed by atoms with Crippen molar-refractivity contribution in [3.63, 3.8) is 0 Å². The van der Waals surface area contributed by atoms with Gasteiger partial charge in [-0.1, -0.05) is 6.08 Å². The first-order valence-corrected chi connectivity index (χ1v) is 9.78. The van der Waals surface area contributed by atoms with Crippen LogP contribution in [0.4, 0.5) is 14.9 Å². The average molecular weight is 414 g/mol. The Labute approximate surface area is 173 Å². The number of aliphatic imine (C=N–C) groups is 2. The molecule has 158 valence electrons. The topological polar surface area (TPSA) is 98.6 Å². The molecule has 0 aliphatic carbocycles. The Balaban J connectivity index is 1.42. The molecule has 30 heavy (non-hydrogen) atoms. The molecule has 2 atom stereocenters. The Hall–Kier alpha value is -3.27. The smallest absolute Gasteiger partial charge is 0.414 e. The Morgan fingerprint density at radius 3 is 2.97 bits per heavy atom. The number of carbonyl (C=O) groups is 2. The van der Waals surface area contributed by atoms with Gasteiger partial charge >= 0.3 is 6.09 Å². The number of allylic oxidation sites excluding steroid dienone is 1. The van der Waals surface area contributed by atoms with Gasteiger partial charge in [-0.05, 0) is 23.8 Å². The number of benzene rings is 1. The standard InChI is InChI=1S/C20H23FN6O3/c1-13(28)23-10-16-11-26(20(29)30-16)15-3-4-17(18(21)8-15)14-2-5-19(24-9-14)27-7-6-22-12-25-27/h2-4,8-9,12,16,19H,5-7,10-11H2,1H3,(H,22,25)(H,23,28)/t16-,19?/m0/s1. The van der Waals surface area contributed by atoms with Crippen LogP contribution in [-0.4, -0.2) is 68.0 Å². The van der Waals surface area contributed by atoms with Crippen molar-refractivity contribution in [1.82, 2.24) is 15.8 Å². The second kappa shape index (κ2) is 8.62. The van der Waals surface area contributed by atoms with Crippen LogP contribution in [0.2, 0.25) is 0 Å². The lowest BCUT2D eigenvalue weighted by Crippen LogP contribution is -2.48. The molecule has 1 aromatic rings. The summed E-state index contributed by atoms with van der Waals surface area (Å²) < 4.78 is 20.1. The highest BCUT2D eigenvalue weighted by Crippen LogP contribution is 2.28. The first-order valence-electron chi connectivity index (χ1n) is 9.78. The molecule has 1 saturated heterocycles. The van der Waals surface area contributed by atoms with Crippen LogP contribution in [-0.2, 0) is 9.53 Å². The third-order valence-corrected chi connectivity index (χ3v) is 5.11. The lowest BCUT2D eigenvalue weighted by molar-refractivity contribution is -0.119. The minimum Gasteiger partial charge on any atom is -0.442 e. The summed E-state index contributed by atoms with van der Waals surface area (Å²) in [6.07, 6.45) is 4.85. The summed E-state index contributed by atoms with van der Waals surface area (Å²) in [7, 11) is 0. The van der Waals surface area contributed by atoms with Crippen LogP contribution in [0.3, 0.4) is 0 Å². The largest absolute Gasteiger partial charge is 0.442 e. The van der Waals surface area contributed by atoms with Gasteiger partial charge in [-0.2, -0.15) is 5.01 Å². The third-order valence-electron chi connectivity index (χ3n) is 5.11. The molecule has 1 unspecified atom stereocenters. The van der Waals surface area contributed by atoms with E-state index in [0.29, 0.717) is 23.2 Å². The molecule has 0 spiro atoms. The number of ether oxygens (including phenoxy) is 1. The Morgan fingerprint density at radius 2 is 2.30 bits per heavy atom. The van der Waals surface area contributed by atoms with Crippen molar-refractivity contribution in [2.75, 3.05) is 31.1 Å². The molecule has 0 aromatic heterocycles. The minimum absolute atomic E-state index is 0.0530. The van der Waals surface area contributed by atoms with E-state index in [-0.39, 0.29) is 25.2 Å². The van der Waals surface area contributed by atoms with Gasteiger partial charge in [-0.15, -0.1) is 0 Å². The van der Waals surface area contributed by atoms with Crippen molar-refractivity contribution >= 4 is 35.8 Å². The van der Waals surface area contributed by atoms with Crippen LogP contribution in [0.15, 0.2) is 34.3 Å². The number of dihydropyridines is 1. The van der Waals surface area contributed by atoms with Gasteiger partial charge in [0, 0.05) is 31.7 Å². The fraction of sp³-hybridized carbons (Fsp3) is 0.400. The van der Waals surface area contributed by atoms with E-state index in [1.807, 2.05) is 11.1 Å². The normalized spacial score (nSPS) is 23.7. The highest BCUT2D eigenvalue weighted by molar-refractivity contribution is 6.10. The molecule has 3 heterocycles. The third kappa shape index (κ3) is 4.33. The summed E-state index contributed by atoms with van der Waals surface area (Å²) in [5, 5.41) is 4.61. The molecular weight excluding hydrogens is 391 g/mol. The molecule has 10 heteroatoms. The maximum absolute atomic E-state index is 14.8. The summed E-state index contributed by atoms with van der Waals surface area (Å²) in [4.78, 5) is 33.2. The number of halogens is 1. The predicted octanol–water partition coefficient (Wildman–Crippen LogP) is 1.32. The first-order chi connectivity index (χ1) is 14.5. The quantitative estimate of drug-likeness (QED) is 0.757. The number of amides is 2. The fourth-order valence-corrected chi connectivity index (χ4v) is 3.55. The molecule has 0 radical (unpaired) electrons. The van der Waals surface area contributed by atoms with Gasteiger partial charge in [0.2, 0.25) is 5.91 Å². The van der Waals surface area contributed by atoms with Crippen LogP contribution in [0, 0.1) is 5.82 Å². The van der Waals surface area contributed by atoms with E-state index in [4.69, 9.17) is 4.74 Å². The molecule has 1 aromatic carbocycles. The predicted molar refractivity (Wildman–Crippen MR) is 111 cm³/mol. The number of cyclic esters (lactones) is 1. The molecule has 2 amide bonds. The molecule has 9 nitrogen and oxygen atoms in total. The van der Waals surface area contributed by atoms with Gasteiger partial charge in [0.1, 0.15) is 18.1 Å². The van der Waals surface area contributed by atoms with E-state index >= 15 is 0 Å². The highest BCUT2D eigenvalue weighted by atomic mass is 19.1. The van der Waals surface area contributed by atoms with E-state index in [2.05, 4.69) is 20.7 Å². The average Bonchev–Trinajstić information content (AvgIpc) is 3.13. The number of hydrazine groups is 1. The first kappa shape index (κ1) is 20.0. The van der Waals surface area contributed by atoms with Crippen molar-refractivity contribution in [1.29, 1.82) is 0 Å². The van der Waals surface area contributed by atoms with Gasteiger partial charge in [0.25, 0.3) is 0 Å². The van der Waals surface area contributed by atoms with Crippen LogP contribution < -0.4 is 15.6 Å². The number of hydrogen-bond acceptors (Lipinski definition) is 7. The Kier molecular flexibility index (Phi) is 5.75. The molecule has 2 N–H and O–H groups in total. The molecule has 3 aliphatic heterocycles. The maximum Gasteiger partial charge on any atom is 0.414 e. The summed E-state index contributed by atoms with van der Waals surface area (Å²) in [5.74, 6) is -0.640. The van der Waals surface area contributed by atoms with Gasteiger partial charge in [0.05, 0.1) is 31.7 Å². The van der Waals surface area contributed by atoms with Crippen molar-refractivity contribution in [3.05, 3.63) is 35.7 Å². The number of hydrogen-bond donors (Lipinski definition) is 2. The van der Waals surface area contributed by atoms with E-state index in [0.717, 1.165) is 13.1 Å². The fourth-order valence-electron chi connectivity index (χ4n) is 3.55. The van der Waals surface area contributed by atoms with Gasteiger partial charge < -0.3 is 15.5 Å². The maximum atomic E-state index is 14.8. The SMILES string of the molecule is CC(=O)NC[C@H]1CN(c2ccc(C3=CCC(N4CCN=CN4)N=C3)c(F)c2)C(=O)O1. The highest BCUT2D eigenvalue weighted by Gasteiger charge is 2.33. The van der Waals surface area contributed by atoms with E-state index in [1.165, 1.54) is 17.9 Å². The number of anilines is 1. The van der Waals surface area contributed by atoms with Crippen molar-refractivity contribution < 1.29 is 18.7 Å². The van der Waals surface area contributed by atoms with Crippen LogP contribution >= 0.6 is 0 Å². The summed E-state index contributed by atoms with van der Waals surface area (Å²) in [6.45, 7) is 3.34. The molecule has 1 fully saturated rings. The van der Waals surface area contributed by atoms with Crippen LogP contribution in [0.25, 0.3) is 5.57 Å². The summed E-state index contributed by atoms with van der Waals surface area (Å²) in [5.41, 5.74) is 4.61. The molecule has 4 rings (SSSR count). The summed E-state index contributed by atoms with van der Waals surface area (Å²) in [6, 6.07) is 4.65. The molecular formula is C20H23FN6O3. The van der Waals surface area contributed by atoms with Crippen molar-refractivity contribution in [2.24, 2.45) is 9.98 Å². The van der Waals surface area contributed by atoms with Gasteiger partial charge in [-0.25, -0.2) is 9.18 Å². The summed E-state index contributed by atoms with van der Waals surface area (Å²) >= 11 is 0. The van der Waals surface area contributed by atoms with Crippen molar-refractivity contribution in [3.8, 4) is 0 Å². The van der Waals surface area contributed by atoms with E-state index in [9.17, 15) is 14.0 Å². The number of nitrogens with zero attached hydrogens (tertiary/aromatic N) is 4. The Morgan fingerprint density at radius 1 is 1.43 bits per heavy atom. The van der Waals surface area contributed by atoms with Crippen molar-refractivity contribution in [2.45, 2.75) is 25.6 Å². The zero-order chi connectivity index (χ0) is 21.1. The number of carbonyl (C=O) groups excluding carboxylic acids is 2. The number of nitrogens with one attached hydrogen (secondary N) is 2. The van der Waals surface area contributed by atoms with Crippen LogP contribution in [0.5, 0.6) is 0 Å². The lowest BCUT2D eigenvalue weighted by Gasteiger charge is -2.30. The second-order valence-electron chi connectivity index (χ2n) is 7.23.